The number of carboxylic acids is 1. The van der Waals surface area contributed by atoms with Gasteiger partial charge in [-0.2, -0.15) is 0 Å². The number of carbonyl (C=O) groups is 1. The maximum absolute atomic E-state index is 10.9. The van der Waals surface area contributed by atoms with Gasteiger partial charge in [-0.05, 0) is 13.0 Å². The van der Waals surface area contributed by atoms with E-state index in [0.717, 1.165) is 0 Å². The van der Waals surface area contributed by atoms with E-state index in [9.17, 15) is 4.79 Å². The van der Waals surface area contributed by atoms with Gasteiger partial charge >= 0.3 is 5.97 Å². The zero-order valence-corrected chi connectivity index (χ0v) is 8.96. The van der Waals surface area contributed by atoms with Crippen molar-refractivity contribution in [2.45, 2.75) is 6.92 Å². The van der Waals surface area contributed by atoms with Crippen LogP contribution < -0.4 is 4.90 Å². The number of rotatable bonds is 2. The van der Waals surface area contributed by atoms with E-state index in [-0.39, 0.29) is 10.7 Å². The Morgan fingerprint density at radius 2 is 2.14 bits per heavy atom. The summed E-state index contributed by atoms with van der Waals surface area (Å²) in [4.78, 5) is 16.5. The van der Waals surface area contributed by atoms with E-state index in [1.165, 1.54) is 0 Å². The van der Waals surface area contributed by atoms with E-state index in [4.69, 9.17) is 16.7 Å². The molecule has 1 N–H and O–H groups in total. The minimum atomic E-state index is -1.06. The summed E-state index contributed by atoms with van der Waals surface area (Å²) >= 11 is 5.76. The van der Waals surface area contributed by atoms with Crippen LogP contribution in [-0.2, 0) is 0 Å². The summed E-state index contributed by atoms with van der Waals surface area (Å²) in [7, 11) is 3.52. The second-order valence-corrected chi connectivity index (χ2v) is 3.51. The Kier molecular flexibility index (Phi) is 2.96. The molecule has 1 rings (SSSR count). The summed E-state index contributed by atoms with van der Waals surface area (Å²) in [6.45, 7) is 1.77. The Bertz CT molecular complexity index is 377. The van der Waals surface area contributed by atoms with Gasteiger partial charge in [0, 0.05) is 19.8 Å². The standard InChI is InChI=1S/C9H11ClN2O2/c1-5-4-6(12(2)3)7(9(13)14)8(10)11-5/h4H,1-3H3,(H,13,14). The van der Waals surface area contributed by atoms with Crippen LogP contribution in [0.5, 0.6) is 0 Å². The Hall–Kier alpha value is -1.29. The molecule has 76 valence electrons. The van der Waals surface area contributed by atoms with E-state index >= 15 is 0 Å². The van der Waals surface area contributed by atoms with Gasteiger partial charge < -0.3 is 10.0 Å². The highest BCUT2D eigenvalue weighted by Gasteiger charge is 2.17. The Morgan fingerprint density at radius 3 is 2.57 bits per heavy atom. The molecule has 0 aliphatic carbocycles. The number of hydrogen-bond donors (Lipinski definition) is 1. The maximum atomic E-state index is 10.9. The van der Waals surface area contributed by atoms with Crippen LogP contribution in [0.2, 0.25) is 5.15 Å². The summed E-state index contributed by atoms with van der Waals surface area (Å²) in [5, 5.41) is 8.96. The van der Waals surface area contributed by atoms with Crippen molar-refractivity contribution in [3.63, 3.8) is 0 Å². The van der Waals surface area contributed by atoms with E-state index < -0.39 is 5.97 Å². The monoisotopic (exact) mass is 214 g/mol. The quantitative estimate of drug-likeness (QED) is 0.763. The van der Waals surface area contributed by atoms with Crippen molar-refractivity contribution >= 4 is 23.3 Å². The van der Waals surface area contributed by atoms with Gasteiger partial charge in [-0.1, -0.05) is 11.6 Å². The number of hydrogen-bond acceptors (Lipinski definition) is 3. The van der Waals surface area contributed by atoms with Crippen molar-refractivity contribution in [1.29, 1.82) is 0 Å². The predicted octanol–water partition coefficient (Wildman–Crippen LogP) is 1.81. The lowest BCUT2D eigenvalue weighted by Gasteiger charge is -2.16. The topological polar surface area (TPSA) is 53.4 Å². The summed E-state index contributed by atoms with van der Waals surface area (Å²) in [5.41, 5.74) is 1.31. The van der Waals surface area contributed by atoms with Crippen LogP contribution in [0.15, 0.2) is 6.07 Å². The van der Waals surface area contributed by atoms with Gasteiger partial charge in [0.25, 0.3) is 0 Å². The van der Waals surface area contributed by atoms with Crippen molar-refractivity contribution in [1.82, 2.24) is 4.98 Å². The molecule has 0 saturated carbocycles. The fourth-order valence-electron chi connectivity index (χ4n) is 1.17. The number of nitrogens with zero attached hydrogens (tertiary/aromatic N) is 2. The molecule has 0 fully saturated rings. The fourth-order valence-corrected chi connectivity index (χ4v) is 1.48. The number of pyridine rings is 1. The fraction of sp³-hybridized carbons (Fsp3) is 0.333. The number of aryl methyl sites for hydroxylation is 1. The van der Waals surface area contributed by atoms with Crippen LogP contribution >= 0.6 is 11.6 Å². The zero-order valence-electron chi connectivity index (χ0n) is 8.21. The third-order valence-corrected chi connectivity index (χ3v) is 2.05. The van der Waals surface area contributed by atoms with Crippen LogP contribution in [0, 0.1) is 6.92 Å². The molecule has 0 radical (unpaired) electrons. The summed E-state index contributed by atoms with van der Waals surface area (Å²) in [5.74, 6) is -1.06. The average molecular weight is 215 g/mol. The molecule has 0 bridgehead atoms. The van der Waals surface area contributed by atoms with Gasteiger partial charge in [0.1, 0.15) is 10.7 Å². The van der Waals surface area contributed by atoms with Crippen LogP contribution in [0.3, 0.4) is 0 Å². The number of halogens is 1. The first-order valence-corrected chi connectivity index (χ1v) is 4.39. The van der Waals surface area contributed by atoms with Crippen molar-refractivity contribution in [2.75, 3.05) is 19.0 Å². The van der Waals surface area contributed by atoms with Crippen LogP contribution in [0.4, 0.5) is 5.69 Å². The molecule has 0 spiro atoms. The molecule has 0 saturated heterocycles. The highest BCUT2D eigenvalue weighted by atomic mass is 35.5. The molecule has 0 atom stereocenters. The van der Waals surface area contributed by atoms with E-state index in [0.29, 0.717) is 11.4 Å². The first-order valence-electron chi connectivity index (χ1n) is 4.01. The predicted molar refractivity (Wildman–Crippen MR) is 55.3 cm³/mol. The van der Waals surface area contributed by atoms with Gasteiger partial charge in [0.2, 0.25) is 0 Å². The van der Waals surface area contributed by atoms with Crippen LogP contribution in [0.1, 0.15) is 16.1 Å². The third-order valence-electron chi connectivity index (χ3n) is 1.78. The first kappa shape index (κ1) is 10.8. The lowest BCUT2D eigenvalue weighted by molar-refractivity contribution is 0.0697. The van der Waals surface area contributed by atoms with Gasteiger partial charge in [-0.25, -0.2) is 9.78 Å². The van der Waals surface area contributed by atoms with Crippen LogP contribution in [-0.4, -0.2) is 30.2 Å². The minimum absolute atomic E-state index is 0.0289. The lowest BCUT2D eigenvalue weighted by Crippen LogP contribution is -2.15. The van der Waals surface area contributed by atoms with Crippen molar-refractivity contribution in [3.8, 4) is 0 Å². The molecule has 14 heavy (non-hydrogen) atoms. The molecule has 1 aromatic rings. The number of anilines is 1. The molecular weight excluding hydrogens is 204 g/mol. The van der Waals surface area contributed by atoms with Gasteiger partial charge in [-0.3, -0.25) is 0 Å². The molecule has 0 aliphatic heterocycles. The van der Waals surface area contributed by atoms with E-state index in [2.05, 4.69) is 4.98 Å². The molecule has 0 aliphatic rings. The van der Waals surface area contributed by atoms with E-state index in [1.807, 2.05) is 0 Å². The van der Waals surface area contributed by atoms with Crippen molar-refractivity contribution in [3.05, 3.63) is 22.5 Å². The van der Waals surface area contributed by atoms with E-state index in [1.54, 1.807) is 32.0 Å². The highest BCUT2D eigenvalue weighted by Crippen LogP contribution is 2.25. The maximum Gasteiger partial charge on any atom is 0.340 e. The molecule has 4 nitrogen and oxygen atoms in total. The van der Waals surface area contributed by atoms with Gasteiger partial charge in [0.15, 0.2) is 0 Å². The Labute approximate surface area is 87.1 Å². The van der Waals surface area contributed by atoms with Crippen molar-refractivity contribution < 1.29 is 9.90 Å². The largest absolute Gasteiger partial charge is 0.478 e. The number of aromatic carboxylic acids is 1. The van der Waals surface area contributed by atoms with Crippen molar-refractivity contribution in [2.24, 2.45) is 0 Å². The summed E-state index contributed by atoms with van der Waals surface area (Å²) in [6, 6.07) is 1.69. The molecular formula is C9H11ClN2O2. The highest BCUT2D eigenvalue weighted by molar-refractivity contribution is 6.33. The normalized spacial score (nSPS) is 10.0. The smallest absolute Gasteiger partial charge is 0.340 e. The molecule has 0 unspecified atom stereocenters. The summed E-state index contributed by atoms with van der Waals surface area (Å²) < 4.78 is 0. The Morgan fingerprint density at radius 1 is 1.57 bits per heavy atom. The van der Waals surface area contributed by atoms with Gasteiger partial charge in [0.05, 0.1) is 5.69 Å². The third kappa shape index (κ3) is 1.96. The average Bonchev–Trinajstić information content (AvgIpc) is 2.01. The number of aromatic nitrogens is 1. The molecule has 0 amide bonds. The second kappa shape index (κ2) is 3.84. The lowest BCUT2D eigenvalue weighted by atomic mass is 10.2. The number of carboxylic acid groups (broad SMARTS) is 1. The SMILES string of the molecule is Cc1cc(N(C)C)c(C(=O)O)c(Cl)n1. The molecule has 1 aromatic heterocycles. The molecule has 5 heteroatoms. The molecule has 0 aromatic carbocycles. The first-order chi connectivity index (χ1) is 6.43. The second-order valence-electron chi connectivity index (χ2n) is 3.15. The minimum Gasteiger partial charge on any atom is -0.478 e. The van der Waals surface area contributed by atoms with Crippen LogP contribution in [0.25, 0.3) is 0 Å². The summed E-state index contributed by atoms with van der Waals surface area (Å²) in [6.07, 6.45) is 0. The Balaban J connectivity index is 3.44. The van der Waals surface area contributed by atoms with Gasteiger partial charge in [-0.15, -0.1) is 0 Å². The zero-order chi connectivity index (χ0) is 10.9. The molecule has 1 heterocycles.